The van der Waals surface area contributed by atoms with Crippen molar-refractivity contribution in [2.24, 2.45) is 5.92 Å². The summed E-state index contributed by atoms with van der Waals surface area (Å²) in [5.41, 5.74) is 0. The first-order chi connectivity index (χ1) is 10.7. The summed E-state index contributed by atoms with van der Waals surface area (Å²) in [4.78, 5) is 23.3. The molecule has 0 aromatic heterocycles. The van der Waals surface area contributed by atoms with Crippen LogP contribution in [0.1, 0.15) is 44.9 Å². The van der Waals surface area contributed by atoms with Crippen molar-refractivity contribution in [2.45, 2.75) is 44.9 Å². The maximum absolute atomic E-state index is 11.7. The van der Waals surface area contributed by atoms with Crippen molar-refractivity contribution in [3.05, 3.63) is 37.0 Å². The van der Waals surface area contributed by atoms with Crippen LogP contribution in [0.15, 0.2) is 37.0 Å². The number of carbonyl (C=O) groups excluding carboxylic acids is 2. The van der Waals surface area contributed by atoms with Gasteiger partial charge in [-0.2, -0.15) is 0 Å². The van der Waals surface area contributed by atoms with Crippen molar-refractivity contribution in [1.82, 2.24) is 10.6 Å². The fourth-order valence-corrected chi connectivity index (χ4v) is 2.31. The van der Waals surface area contributed by atoms with E-state index in [0.29, 0.717) is 19.5 Å². The Morgan fingerprint density at radius 2 is 1.59 bits per heavy atom. The number of nitrogens with one attached hydrogen (secondary N) is 2. The van der Waals surface area contributed by atoms with Crippen LogP contribution in [0.2, 0.25) is 0 Å². The summed E-state index contributed by atoms with van der Waals surface area (Å²) in [5, 5.41) is 5.65. The van der Waals surface area contributed by atoms with E-state index in [1.165, 1.54) is 19.3 Å². The van der Waals surface area contributed by atoms with Gasteiger partial charge in [-0.25, -0.2) is 0 Å². The minimum atomic E-state index is -0.156. The Morgan fingerprint density at radius 3 is 2.32 bits per heavy atom. The molecule has 0 saturated carbocycles. The van der Waals surface area contributed by atoms with Gasteiger partial charge in [0, 0.05) is 19.5 Å². The molecule has 0 aromatic carbocycles. The molecule has 0 unspecified atom stereocenters. The van der Waals surface area contributed by atoms with Crippen LogP contribution in [0.4, 0.5) is 0 Å². The first-order valence-electron chi connectivity index (χ1n) is 8.24. The maximum atomic E-state index is 11.7. The smallest absolute Gasteiger partial charge is 0.230 e. The number of hydrogen-bond donors (Lipinski definition) is 2. The first-order valence-corrected chi connectivity index (χ1v) is 8.24. The summed E-state index contributed by atoms with van der Waals surface area (Å²) in [5.74, 6) is -0.100. The topological polar surface area (TPSA) is 58.2 Å². The van der Waals surface area contributed by atoms with Crippen LogP contribution in [0.5, 0.6) is 0 Å². The SMILES string of the molecule is C=CCCCCCCCC(=O)NCCNC(=O)C1C=CC=C1. The van der Waals surface area contributed by atoms with Gasteiger partial charge in [-0.05, 0) is 19.3 Å². The molecular formula is C18H28N2O2. The van der Waals surface area contributed by atoms with Crippen molar-refractivity contribution >= 4 is 11.8 Å². The lowest BCUT2D eigenvalue weighted by molar-refractivity contribution is -0.123. The lowest BCUT2D eigenvalue weighted by atomic mass is 10.1. The van der Waals surface area contributed by atoms with Gasteiger partial charge in [0.05, 0.1) is 5.92 Å². The highest BCUT2D eigenvalue weighted by atomic mass is 16.2. The Labute approximate surface area is 133 Å². The second kappa shape index (κ2) is 11.8. The Bertz CT molecular complexity index is 401. The number of unbranched alkanes of at least 4 members (excludes halogenated alkanes) is 5. The molecule has 1 rings (SSSR count). The van der Waals surface area contributed by atoms with Crippen LogP contribution in [0.3, 0.4) is 0 Å². The molecule has 0 bridgehead atoms. The third kappa shape index (κ3) is 8.45. The van der Waals surface area contributed by atoms with Crippen molar-refractivity contribution in [3.63, 3.8) is 0 Å². The van der Waals surface area contributed by atoms with Gasteiger partial charge >= 0.3 is 0 Å². The van der Waals surface area contributed by atoms with E-state index in [4.69, 9.17) is 0 Å². The summed E-state index contributed by atoms with van der Waals surface area (Å²) >= 11 is 0. The zero-order valence-electron chi connectivity index (χ0n) is 13.4. The van der Waals surface area contributed by atoms with Gasteiger partial charge in [0.25, 0.3) is 0 Å². The minimum Gasteiger partial charge on any atom is -0.354 e. The Balaban J connectivity index is 1.90. The molecule has 0 fully saturated rings. The van der Waals surface area contributed by atoms with Gasteiger partial charge in [-0.1, -0.05) is 49.6 Å². The Kier molecular flexibility index (Phi) is 9.75. The molecule has 0 saturated heterocycles. The van der Waals surface area contributed by atoms with Gasteiger partial charge in [-0.3, -0.25) is 9.59 Å². The predicted octanol–water partition coefficient (Wildman–Crippen LogP) is 2.88. The summed E-state index contributed by atoms with van der Waals surface area (Å²) < 4.78 is 0. The highest BCUT2D eigenvalue weighted by Gasteiger charge is 2.12. The number of amides is 2. The van der Waals surface area contributed by atoms with Gasteiger partial charge in [0.1, 0.15) is 0 Å². The van der Waals surface area contributed by atoms with E-state index >= 15 is 0 Å². The van der Waals surface area contributed by atoms with Crippen LogP contribution in [0.25, 0.3) is 0 Å². The third-order valence-corrected chi connectivity index (χ3v) is 3.61. The second-order valence-electron chi connectivity index (χ2n) is 5.53. The van der Waals surface area contributed by atoms with E-state index in [1.54, 1.807) is 0 Å². The zero-order valence-corrected chi connectivity index (χ0v) is 13.4. The van der Waals surface area contributed by atoms with Crippen molar-refractivity contribution in [2.75, 3.05) is 13.1 Å². The molecule has 0 spiro atoms. The van der Waals surface area contributed by atoms with Gasteiger partial charge in [0.15, 0.2) is 0 Å². The molecule has 1 aliphatic rings. The molecule has 2 amide bonds. The molecule has 0 heterocycles. The van der Waals surface area contributed by atoms with Crippen molar-refractivity contribution in [3.8, 4) is 0 Å². The Hall–Kier alpha value is -1.84. The van der Waals surface area contributed by atoms with Crippen LogP contribution >= 0.6 is 0 Å². The third-order valence-electron chi connectivity index (χ3n) is 3.61. The maximum Gasteiger partial charge on any atom is 0.230 e. The number of hydrogen-bond acceptors (Lipinski definition) is 2. The monoisotopic (exact) mass is 304 g/mol. The standard InChI is InChI=1S/C18H28N2O2/c1-2-3-4-5-6-7-8-13-17(21)19-14-15-20-18(22)16-11-9-10-12-16/h2,9-12,16H,1,3-8,13-15H2,(H,19,21)(H,20,22). The largest absolute Gasteiger partial charge is 0.354 e. The van der Waals surface area contributed by atoms with E-state index in [9.17, 15) is 9.59 Å². The molecule has 22 heavy (non-hydrogen) atoms. The Morgan fingerprint density at radius 1 is 0.955 bits per heavy atom. The number of carbonyl (C=O) groups is 2. The predicted molar refractivity (Wildman–Crippen MR) is 90.3 cm³/mol. The van der Waals surface area contributed by atoms with Crippen molar-refractivity contribution < 1.29 is 9.59 Å². The van der Waals surface area contributed by atoms with Gasteiger partial charge in [0.2, 0.25) is 11.8 Å². The van der Waals surface area contributed by atoms with Gasteiger partial charge in [-0.15, -0.1) is 6.58 Å². The molecular weight excluding hydrogens is 276 g/mol. The molecule has 0 atom stereocenters. The molecule has 0 radical (unpaired) electrons. The second-order valence-corrected chi connectivity index (χ2v) is 5.53. The molecule has 4 heteroatoms. The zero-order chi connectivity index (χ0) is 16.0. The van der Waals surface area contributed by atoms with E-state index in [2.05, 4.69) is 17.2 Å². The van der Waals surface area contributed by atoms with E-state index < -0.39 is 0 Å². The normalized spacial score (nSPS) is 13.3. The molecule has 1 aliphatic carbocycles. The van der Waals surface area contributed by atoms with E-state index in [1.807, 2.05) is 30.4 Å². The van der Waals surface area contributed by atoms with Crippen LogP contribution in [-0.2, 0) is 9.59 Å². The van der Waals surface area contributed by atoms with Crippen molar-refractivity contribution in [1.29, 1.82) is 0 Å². The van der Waals surface area contributed by atoms with Crippen LogP contribution in [0, 0.1) is 5.92 Å². The number of rotatable bonds is 12. The average molecular weight is 304 g/mol. The van der Waals surface area contributed by atoms with Crippen LogP contribution in [-0.4, -0.2) is 24.9 Å². The highest BCUT2D eigenvalue weighted by Crippen LogP contribution is 2.08. The molecule has 0 aliphatic heterocycles. The quantitative estimate of drug-likeness (QED) is 0.430. The fraction of sp³-hybridized carbons (Fsp3) is 0.556. The molecule has 122 valence electrons. The molecule has 0 aromatic rings. The highest BCUT2D eigenvalue weighted by molar-refractivity contribution is 5.83. The molecule has 4 nitrogen and oxygen atoms in total. The lowest BCUT2D eigenvalue weighted by Crippen LogP contribution is -2.36. The first kappa shape index (κ1) is 18.2. The van der Waals surface area contributed by atoms with E-state index in [0.717, 1.165) is 19.3 Å². The van der Waals surface area contributed by atoms with Crippen LogP contribution < -0.4 is 10.6 Å². The summed E-state index contributed by atoms with van der Waals surface area (Å²) in [6.45, 7) is 4.67. The fourth-order valence-electron chi connectivity index (χ4n) is 2.31. The summed E-state index contributed by atoms with van der Waals surface area (Å²) in [6, 6.07) is 0. The van der Waals surface area contributed by atoms with E-state index in [-0.39, 0.29) is 17.7 Å². The summed E-state index contributed by atoms with van der Waals surface area (Å²) in [6.07, 6.45) is 16.7. The number of allylic oxidation sites excluding steroid dienone is 3. The lowest BCUT2D eigenvalue weighted by Gasteiger charge is -2.09. The molecule has 2 N–H and O–H groups in total. The minimum absolute atomic E-state index is 0.0150. The average Bonchev–Trinajstić information content (AvgIpc) is 3.05. The summed E-state index contributed by atoms with van der Waals surface area (Å²) in [7, 11) is 0. The van der Waals surface area contributed by atoms with Gasteiger partial charge < -0.3 is 10.6 Å².